The monoisotopic (exact) mass is 572 g/mol. The summed E-state index contributed by atoms with van der Waals surface area (Å²) in [4.78, 5) is 24.8. The Hall–Kier alpha value is -1.94. The largest absolute Gasteiger partial charge is 0.458 e. The first-order valence-corrected chi connectivity index (χ1v) is 15.3. The van der Waals surface area contributed by atoms with Crippen LogP contribution in [0.15, 0.2) is 54.6 Å². The molecule has 0 fully saturated rings. The van der Waals surface area contributed by atoms with Gasteiger partial charge in [-0.3, -0.25) is 9.36 Å². The van der Waals surface area contributed by atoms with Gasteiger partial charge in [-0.25, -0.2) is 4.79 Å². The summed E-state index contributed by atoms with van der Waals surface area (Å²) in [6, 6.07) is 9.52. The fraction of sp³-hybridized carbons (Fsp3) is 0.556. The summed E-state index contributed by atoms with van der Waals surface area (Å²) < 4.78 is 39.5. The van der Waals surface area contributed by atoms with Crippen molar-refractivity contribution in [3.63, 3.8) is 0 Å². The molecule has 0 aliphatic carbocycles. The minimum atomic E-state index is -3.14. The summed E-state index contributed by atoms with van der Waals surface area (Å²) in [6.45, 7) is 14.0. The summed E-state index contributed by atoms with van der Waals surface area (Å²) in [5.74, 6) is -0.532. The lowest BCUT2D eigenvalue weighted by atomic mass is 10.1. The van der Waals surface area contributed by atoms with Crippen molar-refractivity contribution in [2.75, 3.05) is 38.3 Å². The Labute approximate surface area is 230 Å². The van der Waals surface area contributed by atoms with Gasteiger partial charge in [0.15, 0.2) is 12.4 Å². The first-order chi connectivity index (χ1) is 18.0. The zero-order chi connectivity index (χ0) is 28.6. The zero-order valence-corrected chi connectivity index (χ0v) is 24.5. The predicted octanol–water partition coefficient (Wildman–Crippen LogP) is 5.45. The van der Waals surface area contributed by atoms with Crippen molar-refractivity contribution in [1.82, 2.24) is 0 Å². The highest BCUT2D eigenvalue weighted by Gasteiger charge is 2.25. The van der Waals surface area contributed by atoms with E-state index in [1.807, 2.05) is 30.3 Å². The zero-order valence-electron chi connectivity index (χ0n) is 22.8. The van der Waals surface area contributed by atoms with E-state index in [9.17, 15) is 19.3 Å². The molecule has 0 bridgehead atoms. The average Bonchev–Trinajstić information content (AvgIpc) is 2.87. The van der Waals surface area contributed by atoms with Crippen LogP contribution in [0.4, 0.5) is 0 Å². The normalized spacial score (nSPS) is 13.8. The van der Waals surface area contributed by atoms with E-state index in [-0.39, 0.29) is 36.6 Å². The third kappa shape index (κ3) is 13.7. The lowest BCUT2D eigenvalue weighted by molar-refractivity contribution is -0.167. The molecule has 0 aliphatic heterocycles. The average molecular weight is 573 g/mol. The van der Waals surface area contributed by atoms with Crippen LogP contribution in [0.5, 0.6) is 0 Å². The van der Waals surface area contributed by atoms with Crippen LogP contribution in [-0.2, 0) is 37.4 Å². The summed E-state index contributed by atoms with van der Waals surface area (Å²) >= 11 is 1.54. The summed E-state index contributed by atoms with van der Waals surface area (Å²) in [7, 11) is -3.14. The molecule has 0 heterocycles. The maximum Gasteiger partial charge on any atom is 0.333 e. The standard InChI is InChI=1S/C27H41O9PS/c1-7-34-37(31,35-8-2)15-12-16-38-24(22-13-10-9-11-14-22)17-25(28)36-23(18-32-26(29)20(3)4)19-33-27(30)21(5)6/h9-11,13-14,23-24,26,29H,3,5,7-8,12,15-19H2,1-2,4,6H3. The molecule has 0 amide bonds. The molecule has 0 aromatic heterocycles. The number of rotatable bonds is 20. The van der Waals surface area contributed by atoms with Crippen molar-refractivity contribution >= 4 is 31.3 Å². The molecule has 1 aromatic rings. The first kappa shape index (κ1) is 34.1. The van der Waals surface area contributed by atoms with Gasteiger partial charge in [-0.1, -0.05) is 43.5 Å². The van der Waals surface area contributed by atoms with Gasteiger partial charge < -0.3 is 28.4 Å². The number of thioether (sulfide) groups is 1. The van der Waals surface area contributed by atoms with E-state index in [0.29, 0.717) is 31.0 Å². The second kappa shape index (κ2) is 18.4. The Kier molecular flexibility index (Phi) is 16.5. The van der Waals surface area contributed by atoms with Crippen molar-refractivity contribution in [2.24, 2.45) is 0 Å². The first-order valence-electron chi connectivity index (χ1n) is 12.5. The van der Waals surface area contributed by atoms with Crippen molar-refractivity contribution < 1.29 is 42.5 Å². The van der Waals surface area contributed by atoms with E-state index in [2.05, 4.69) is 13.2 Å². The molecular formula is C27H41O9PS. The molecule has 214 valence electrons. The number of hydrogen-bond donors (Lipinski definition) is 1. The van der Waals surface area contributed by atoms with E-state index < -0.39 is 31.9 Å². The Morgan fingerprint density at radius 2 is 1.68 bits per heavy atom. The van der Waals surface area contributed by atoms with Gasteiger partial charge in [-0.15, -0.1) is 0 Å². The van der Waals surface area contributed by atoms with E-state index in [1.165, 1.54) is 18.7 Å². The Balaban J connectivity index is 2.84. The molecule has 11 heteroatoms. The molecule has 0 saturated heterocycles. The fourth-order valence-electron chi connectivity index (χ4n) is 3.12. The van der Waals surface area contributed by atoms with Gasteiger partial charge in [-0.05, 0) is 51.0 Å². The summed E-state index contributed by atoms with van der Waals surface area (Å²) in [5, 5.41) is 9.66. The van der Waals surface area contributed by atoms with Crippen molar-refractivity contribution in [3.05, 3.63) is 60.2 Å². The Morgan fingerprint density at radius 3 is 2.24 bits per heavy atom. The maximum atomic E-state index is 12.9. The molecule has 1 rings (SSSR count). The van der Waals surface area contributed by atoms with E-state index >= 15 is 0 Å². The second-order valence-corrected chi connectivity index (χ2v) is 12.0. The molecule has 9 nitrogen and oxygen atoms in total. The van der Waals surface area contributed by atoms with Crippen molar-refractivity contribution in [2.45, 2.75) is 58.2 Å². The third-order valence-corrected chi connectivity index (χ3v) is 8.51. The number of carbonyl (C=O) groups excluding carboxylic acids is 2. The molecule has 1 N–H and O–H groups in total. The highest BCUT2D eigenvalue weighted by atomic mass is 32.2. The van der Waals surface area contributed by atoms with Crippen LogP contribution >= 0.6 is 19.4 Å². The minimum absolute atomic E-state index is 0.0389. The number of esters is 2. The molecule has 1 aromatic carbocycles. The van der Waals surface area contributed by atoms with E-state index in [4.69, 9.17) is 23.3 Å². The van der Waals surface area contributed by atoms with Crippen LogP contribution in [0.1, 0.15) is 51.3 Å². The maximum absolute atomic E-state index is 12.9. The Bertz CT molecular complexity index is 928. The molecule has 0 aliphatic rings. The number of benzene rings is 1. The molecular weight excluding hydrogens is 531 g/mol. The number of hydrogen-bond acceptors (Lipinski definition) is 10. The quantitative estimate of drug-likeness (QED) is 0.0540. The third-order valence-electron chi connectivity index (χ3n) is 4.98. The number of aliphatic hydroxyl groups excluding tert-OH is 1. The number of aliphatic hydroxyl groups is 1. The second-order valence-electron chi connectivity index (χ2n) is 8.52. The van der Waals surface area contributed by atoms with Gasteiger partial charge in [-0.2, -0.15) is 11.8 Å². The molecule has 3 atom stereocenters. The minimum Gasteiger partial charge on any atom is -0.458 e. The van der Waals surface area contributed by atoms with Crippen molar-refractivity contribution in [1.29, 1.82) is 0 Å². The van der Waals surface area contributed by atoms with Gasteiger partial charge in [0.05, 0.1) is 32.4 Å². The van der Waals surface area contributed by atoms with Crippen LogP contribution in [-0.4, -0.2) is 67.8 Å². The SMILES string of the molecule is C=C(C)C(=O)OCC(COC(O)C(=C)C)OC(=O)CC(SCCCP(=O)(OCC)OCC)c1ccccc1. The number of carbonyl (C=O) groups is 2. The van der Waals surface area contributed by atoms with Gasteiger partial charge >= 0.3 is 19.5 Å². The van der Waals surface area contributed by atoms with Crippen LogP contribution in [0.25, 0.3) is 0 Å². The van der Waals surface area contributed by atoms with Crippen molar-refractivity contribution in [3.8, 4) is 0 Å². The van der Waals surface area contributed by atoms with Crippen LogP contribution < -0.4 is 0 Å². The van der Waals surface area contributed by atoms with Crippen LogP contribution in [0.2, 0.25) is 0 Å². The van der Waals surface area contributed by atoms with E-state index in [0.717, 1.165) is 5.56 Å². The topological polar surface area (TPSA) is 118 Å². The lowest BCUT2D eigenvalue weighted by Gasteiger charge is -2.22. The smallest absolute Gasteiger partial charge is 0.333 e. The highest BCUT2D eigenvalue weighted by Crippen LogP contribution is 2.49. The highest BCUT2D eigenvalue weighted by molar-refractivity contribution is 7.99. The molecule has 38 heavy (non-hydrogen) atoms. The van der Waals surface area contributed by atoms with Gasteiger partial charge in [0.2, 0.25) is 0 Å². The summed E-state index contributed by atoms with van der Waals surface area (Å²) in [5.41, 5.74) is 1.52. The van der Waals surface area contributed by atoms with Crippen LogP contribution in [0, 0.1) is 0 Å². The van der Waals surface area contributed by atoms with Gasteiger partial charge in [0.1, 0.15) is 6.61 Å². The molecule has 0 radical (unpaired) electrons. The molecule has 0 spiro atoms. The molecule has 3 unspecified atom stereocenters. The Morgan fingerprint density at radius 1 is 1.05 bits per heavy atom. The van der Waals surface area contributed by atoms with E-state index in [1.54, 1.807) is 20.8 Å². The van der Waals surface area contributed by atoms with Crippen LogP contribution in [0.3, 0.4) is 0 Å². The fourth-order valence-corrected chi connectivity index (χ4v) is 6.20. The number of ether oxygens (including phenoxy) is 3. The lowest BCUT2D eigenvalue weighted by Crippen LogP contribution is -2.32. The van der Waals surface area contributed by atoms with Gasteiger partial charge in [0.25, 0.3) is 0 Å². The molecule has 0 saturated carbocycles. The predicted molar refractivity (Wildman–Crippen MR) is 149 cm³/mol. The van der Waals surface area contributed by atoms with Gasteiger partial charge in [0, 0.05) is 10.8 Å². The summed E-state index contributed by atoms with van der Waals surface area (Å²) in [6.07, 6.45) is -1.29.